The van der Waals surface area contributed by atoms with Crippen molar-refractivity contribution >= 4 is 29.6 Å². The second-order valence-electron chi connectivity index (χ2n) is 6.54. The molecule has 3 aromatic rings. The molecule has 0 spiro atoms. The molecule has 0 amide bonds. The molecule has 0 radical (unpaired) electrons. The molecule has 1 aliphatic rings. The molecule has 4 rings (SSSR count). The molecule has 3 nitrogen and oxygen atoms in total. The third-order valence-corrected chi connectivity index (χ3v) is 6.49. The van der Waals surface area contributed by atoms with Crippen LogP contribution in [0.5, 0.6) is 0 Å². The van der Waals surface area contributed by atoms with Crippen molar-refractivity contribution in [2.45, 2.75) is 28.6 Å². The molecule has 2 aromatic carbocycles. The maximum Gasteiger partial charge on any atom is 0.272 e. The Bertz CT molecular complexity index is 1060. The SMILES string of the molecule is CC1Cc2nc(SCC=Cc3ccccc3)n(-c3ccc(F)cc3)c(=O)c2S1. The van der Waals surface area contributed by atoms with Gasteiger partial charge in [-0.25, -0.2) is 9.37 Å². The van der Waals surface area contributed by atoms with Gasteiger partial charge in [0.15, 0.2) is 5.16 Å². The summed E-state index contributed by atoms with van der Waals surface area (Å²) in [5.41, 5.74) is 2.57. The number of halogens is 1. The fraction of sp³-hybridized carbons (Fsp3) is 0.182. The van der Waals surface area contributed by atoms with Gasteiger partial charge in [0.25, 0.3) is 5.56 Å². The average molecular weight is 411 g/mol. The highest BCUT2D eigenvalue weighted by molar-refractivity contribution is 8.00. The summed E-state index contributed by atoms with van der Waals surface area (Å²) in [6.07, 6.45) is 4.91. The Morgan fingerprint density at radius 3 is 2.71 bits per heavy atom. The van der Waals surface area contributed by atoms with Gasteiger partial charge in [0.1, 0.15) is 5.82 Å². The highest BCUT2D eigenvalue weighted by Crippen LogP contribution is 2.34. The van der Waals surface area contributed by atoms with Crippen LogP contribution in [0.4, 0.5) is 4.39 Å². The van der Waals surface area contributed by atoms with E-state index < -0.39 is 0 Å². The van der Waals surface area contributed by atoms with Gasteiger partial charge >= 0.3 is 0 Å². The number of nitrogens with zero attached hydrogens (tertiary/aromatic N) is 2. The maximum absolute atomic E-state index is 13.4. The first-order chi connectivity index (χ1) is 13.6. The lowest BCUT2D eigenvalue weighted by Crippen LogP contribution is -2.23. The lowest BCUT2D eigenvalue weighted by Gasteiger charge is -2.13. The van der Waals surface area contributed by atoms with E-state index >= 15 is 0 Å². The van der Waals surface area contributed by atoms with E-state index in [1.165, 1.54) is 23.9 Å². The molecule has 6 heteroatoms. The molecule has 1 aliphatic heterocycles. The predicted octanol–water partition coefficient (Wildman–Crippen LogP) is 5.21. The molecule has 2 heterocycles. The van der Waals surface area contributed by atoms with Crippen molar-refractivity contribution < 1.29 is 4.39 Å². The zero-order chi connectivity index (χ0) is 19.5. The molecule has 0 aliphatic carbocycles. The molecule has 142 valence electrons. The van der Waals surface area contributed by atoms with Crippen LogP contribution in [-0.4, -0.2) is 20.6 Å². The Morgan fingerprint density at radius 2 is 1.96 bits per heavy atom. The number of thioether (sulfide) groups is 2. The number of hydrogen-bond acceptors (Lipinski definition) is 4. The maximum atomic E-state index is 13.4. The first kappa shape index (κ1) is 19.0. The lowest BCUT2D eigenvalue weighted by molar-refractivity contribution is 0.626. The summed E-state index contributed by atoms with van der Waals surface area (Å²) in [5.74, 6) is 0.359. The van der Waals surface area contributed by atoms with Gasteiger partial charge in [-0.2, -0.15) is 0 Å². The van der Waals surface area contributed by atoms with Crippen molar-refractivity contribution in [3.8, 4) is 5.69 Å². The van der Waals surface area contributed by atoms with Crippen molar-refractivity contribution in [3.63, 3.8) is 0 Å². The van der Waals surface area contributed by atoms with Crippen LogP contribution in [-0.2, 0) is 6.42 Å². The highest BCUT2D eigenvalue weighted by Gasteiger charge is 2.26. The van der Waals surface area contributed by atoms with Crippen LogP contribution in [0, 0.1) is 5.82 Å². The molecule has 0 saturated heterocycles. The lowest BCUT2D eigenvalue weighted by atomic mass is 10.2. The normalized spacial score (nSPS) is 15.9. The van der Waals surface area contributed by atoms with E-state index in [0.717, 1.165) is 17.7 Å². The van der Waals surface area contributed by atoms with E-state index in [1.54, 1.807) is 28.5 Å². The van der Waals surface area contributed by atoms with Crippen LogP contribution in [0.25, 0.3) is 11.8 Å². The third-order valence-electron chi connectivity index (χ3n) is 4.38. The molecule has 1 unspecified atom stereocenters. The summed E-state index contributed by atoms with van der Waals surface area (Å²) in [6, 6.07) is 16.1. The van der Waals surface area contributed by atoms with Gasteiger partial charge in [-0.1, -0.05) is 61.2 Å². The standard InChI is InChI=1S/C22H19FN2OS2/c1-15-14-19-20(28-15)21(26)25(18-11-9-17(23)10-12-18)22(24-19)27-13-5-8-16-6-3-2-4-7-16/h2-12,15H,13-14H2,1H3. The van der Waals surface area contributed by atoms with Crippen LogP contribution in [0.1, 0.15) is 18.2 Å². The summed E-state index contributed by atoms with van der Waals surface area (Å²) < 4.78 is 15.0. The monoisotopic (exact) mass is 410 g/mol. The number of aromatic nitrogens is 2. The van der Waals surface area contributed by atoms with E-state index in [0.29, 0.717) is 26.7 Å². The van der Waals surface area contributed by atoms with Crippen molar-refractivity contribution in [1.82, 2.24) is 9.55 Å². The fourth-order valence-corrected chi connectivity index (χ4v) is 5.02. The Morgan fingerprint density at radius 1 is 1.21 bits per heavy atom. The van der Waals surface area contributed by atoms with Gasteiger partial charge in [-0.3, -0.25) is 9.36 Å². The first-order valence-corrected chi connectivity index (χ1v) is 10.9. The predicted molar refractivity (Wildman–Crippen MR) is 115 cm³/mol. The molecule has 0 bridgehead atoms. The minimum Gasteiger partial charge on any atom is -0.268 e. The van der Waals surface area contributed by atoms with E-state index in [4.69, 9.17) is 4.98 Å². The smallest absolute Gasteiger partial charge is 0.268 e. The van der Waals surface area contributed by atoms with Crippen LogP contribution < -0.4 is 5.56 Å². The minimum atomic E-state index is -0.325. The number of rotatable bonds is 5. The van der Waals surface area contributed by atoms with Crippen molar-refractivity contribution in [2.75, 3.05) is 5.75 Å². The third kappa shape index (κ3) is 4.08. The Kier molecular flexibility index (Phi) is 5.69. The number of fused-ring (bicyclic) bond motifs is 1. The van der Waals surface area contributed by atoms with E-state index in [-0.39, 0.29) is 11.4 Å². The highest BCUT2D eigenvalue weighted by atomic mass is 32.2. The molecule has 0 saturated carbocycles. The van der Waals surface area contributed by atoms with Gasteiger partial charge in [0.05, 0.1) is 16.3 Å². The molecular weight excluding hydrogens is 391 g/mol. The van der Waals surface area contributed by atoms with Crippen LogP contribution >= 0.6 is 23.5 Å². The molecule has 1 aromatic heterocycles. The average Bonchev–Trinajstić information content (AvgIpc) is 3.08. The van der Waals surface area contributed by atoms with Crippen molar-refractivity contribution in [2.24, 2.45) is 0 Å². The number of hydrogen-bond donors (Lipinski definition) is 0. The van der Waals surface area contributed by atoms with Crippen LogP contribution in [0.15, 0.2) is 75.5 Å². The Hall–Kier alpha value is -2.31. The first-order valence-electron chi connectivity index (χ1n) is 9.05. The largest absolute Gasteiger partial charge is 0.272 e. The van der Waals surface area contributed by atoms with Gasteiger partial charge in [0.2, 0.25) is 0 Å². The minimum absolute atomic E-state index is 0.0690. The molecular formula is C22H19FN2OS2. The van der Waals surface area contributed by atoms with Crippen LogP contribution in [0.2, 0.25) is 0 Å². The molecule has 1 atom stereocenters. The molecule has 0 fully saturated rings. The summed E-state index contributed by atoms with van der Waals surface area (Å²) in [7, 11) is 0. The van der Waals surface area contributed by atoms with Gasteiger partial charge < -0.3 is 0 Å². The van der Waals surface area contributed by atoms with E-state index in [1.807, 2.05) is 30.3 Å². The fourth-order valence-electron chi connectivity index (χ4n) is 3.09. The second kappa shape index (κ2) is 8.37. The van der Waals surface area contributed by atoms with Gasteiger partial charge in [-0.15, -0.1) is 11.8 Å². The quantitative estimate of drug-likeness (QED) is 0.427. The summed E-state index contributed by atoms with van der Waals surface area (Å²) >= 11 is 3.08. The van der Waals surface area contributed by atoms with Crippen molar-refractivity contribution in [1.29, 1.82) is 0 Å². The van der Waals surface area contributed by atoms with Crippen molar-refractivity contribution in [3.05, 3.63) is 88.1 Å². The Labute approximate surface area is 171 Å². The zero-order valence-electron chi connectivity index (χ0n) is 15.3. The summed E-state index contributed by atoms with van der Waals surface area (Å²) in [4.78, 5) is 18.6. The zero-order valence-corrected chi connectivity index (χ0v) is 17.0. The topological polar surface area (TPSA) is 34.9 Å². The number of benzene rings is 2. The summed E-state index contributed by atoms with van der Waals surface area (Å²) in [5, 5.41) is 0.984. The van der Waals surface area contributed by atoms with E-state index in [2.05, 4.69) is 19.1 Å². The van der Waals surface area contributed by atoms with Gasteiger partial charge in [0, 0.05) is 17.4 Å². The van der Waals surface area contributed by atoms with Crippen LogP contribution in [0.3, 0.4) is 0 Å². The molecule has 0 N–H and O–H groups in total. The van der Waals surface area contributed by atoms with E-state index in [9.17, 15) is 9.18 Å². The van der Waals surface area contributed by atoms with Gasteiger partial charge in [-0.05, 0) is 29.8 Å². The second-order valence-corrected chi connectivity index (χ2v) is 8.98. The summed E-state index contributed by atoms with van der Waals surface area (Å²) in [6.45, 7) is 2.10. The molecule has 28 heavy (non-hydrogen) atoms. The Balaban J connectivity index is 1.66.